The van der Waals surface area contributed by atoms with Crippen LogP contribution in [0.3, 0.4) is 0 Å². The number of sulfonamides is 1. The van der Waals surface area contributed by atoms with Gasteiger partial charge in [-0.3, -0.25) is 19.2 Å². The predicted molar refractivity (Wildman–Crippen MR) is 157 cm³/mol. The molecule has 2 aromatic rings. The molecule has 3 aliphatic heterocycles. The van der Waals surface area contributed by atoms with Crippen molar-refractivity contribution in [2.24, 2.45) is 0 Å². The van der Waals surface area contributed by atoms with Crippen LogP contribution in [0.2, 0.25) is 0 Å². The van der Waals surface area contributed by atoms with Gasteiger partial charge in [0.05, 0.1) is 12.2 Å². The maximum absolute atomic E-state index is 14.2. The highest BCUT2D eigenvalue weighted by molar-refractivity contribution is 7.89. The maximum atomic E-state index is 14.2. The molecule has 0 radical (unpaired) electrons. The minimum absolute atomic E-state index is 0.0578. The first kappa shape index (κ1) is 30.9. The summed E-state index contributed by atoms with van der Waals surface area (Å²) in [5.74, 6) is -2.13. The molecule has 0 bridgehead atoms. The third-order valence-corrected chi connectivity index (χ3v) is 10.2. The molecule has 2 N–H and O–H groups in total. The minimum Gasteiger partial charge on any atom is -0.433 e. The Hall–Kier alpha value is -3.55. The third-order valence-electron chi connectivity index (χ3n) is 8.37. The minimum atomic E-state index is -3.68. The van der Waals surface area contributed by atoms with Gasteiger partial charge in [0, 0.05) is 31.3 Å². The first-order valence-corrected chi connectivity index (χ1v) is 16.4. The Morgan fingerprint density at radius 1 is 1.00 bits per heavy atom. The smallest absolute Gasteiger partial charge is 0.310 e. The van der Waals surface area contributed by atoms with Gasteiger partial charge in [0.15, 0.2) is 0 Å². The number of hydrogen-bond donors (Lipinski definition) is 2. The lowest BCUT2D eigenvalue weighted by molar-refractivity contribution is -0.165. The second-order valence-electron chi connectivity index (χ2n) is 11.1. The van der Waals surface area contributed by atoms with E-state index < -0.39 is 64.2 Å². The number of benzene rings is 2. The van der Waals surface area contributed by atoms with E-state index in [1.54, 1.807) is 19.1 Å². The van der Waals surface area contributed by atoms with Gasteiger partial charge in [-0.2, -0.15) is 4.31 Å². The largest absolute Gasteiger partial charge is 0.433 e. The van der Waals surface area contributed by atoms with Crippen LogP contribution in [-0.4, -0.2) is 97.2 Å². The van der Waals surface area contributed by atoms with E-state index in [9.17, 15) is 27.6 Å². The molecule has 5 rings (SSSR count). The fourth-order valence-electron chi connectivity index (χ4n) is 6.19. The van der Waals surface area contributed by atoms with Gasteiger partial charge in [-0.15, -0.1) is 0 Å². The number of carbonyl (C=O) groups excluding carboxylic acids is 4. The second-order valence-corrected chi connectivity index (χ2v) is 13.4. The quantitative estimate of drug-likeness (QED) is 0.425. The van der Waals surface area contributed by atoms with Crippen LogP contribution in [0.5, 0.6) is 0 Å². The van der Waals surface area contributed by atoms with Crippen molar-refractivity contribution in [1.29, 1.82) is 0 Å². The molecule has 0 saturated carbocycles. The summed E-state index contributed by atoms with van der Waals surface area (Å²) in [4.78, 5) is 55.0. The van der Waals surface area contributed by atoms with Crippen LogP contribution >= 0.6 is 0 Å². The lowest BCUT2D eigenvalue weighted by atomic mass is 9.94. The molecule has 232 valence electrons. The second kappa shape index (κ2) is 13.0. The molecule has 2 aromatic carbocycles. The fraction of sp³-hybridized carbons (Fsp3) is 0.533. The van der Waals surface area contributed by atoms with Crippen molar-refractivity contribution in [1.82, 2.24) is 19.8 Å². The van der Waals surface area contributed by atoms with Crippen LogP contribution in [0.15, 0.2) is 42.5 Å². The number of esters is 1. The van der Waals surface area contributed by atoms with E-state index in [0.29, 0.717) is 31.2 Å². The summed E-state index contributed by atoms with van der Waals surface area (Å²) in [6.45, 7) is 3.33. The molecule has 2 unspecified atom stereocenters. The van der Waals surface area contributed by atoms with E-state index in [1.807, 2.05) is 30.3 Å². The van der Waals surface area contributed by atoms with Gasteiger partial charge >= 0.3 is 5.97 Å². The molecule has 13 heteroatoms. The van der Waals surface area contributed by atoms with E-state index in [-0.39, 0.29) is 31.9 Å². The van der Waals surface area contributed by atoms with E-state index >= 15 is 0 Å². The number of nitrogens with one attached hydrogen (secondary N) is 2. The van der Waals surface area contributed by atoms with Crippen molar-refractivity contribution < 1.29 is 37.1 Å². The van der Waals surface area contributed by atoms with Gasteiger partial charge in [0.2, 0.25) is 28.1 Å². The Labute approximate surface area is 251 Å². The van der Waals surface area contributed by atoms with E-state index in [4.69, 9.17) is 9.47 Å². The molecule has 12 nitrogen and oxygen atoms in total. The van der Waals surface area contributed by atoms with Crippen molar-refractivity contribution in [2.75, 3.05) is 25.4 Å². The first-order chi connectivity index (χ1) is 20.6. The Bertz CT molecular complexity index is 1490. The van der Waals surface area contributed by atoms with Gasteiger partial charge < -0.3 is 25.0 Å². The number of carbonyl (C=O) groups is 4. The monoisotopic (exact) mass is 614 g/mol. The molecule has 3 saturated heterocycles. The molecule has 0 aliphatic carbocycles. The van der Waals surface area contributed by atoms with Gasteiger partial charge in [0.1, 0.15) is 18.1 Å². The van der Waals surface area contributed by atoms with Crippen molar-refractivity contribution in [3.8, 4) is 0 Å². The van der Waals surface area contributed by atoms with Crippen molar-refractivity contribution in [2.45, 2.75) is 76.4 Å². The average Bonchev–Trinajstić information content (AvgIpc) is 3.34. The van der Waals surface area contributed by atoms with Gasteiger partial charge in [0.25, 0.3) is 5.91 Å². The molecule has 3 amide bonds. The number of amides is 3. The number of hydrogen-bond acceptors (Lipinski definition) is 8. The Balaban J connectivity index is 1.43. The van der Waals surface area contributed by atoms with Crippen molar-refractivity contribution in [3.63, 3.8) is 0 Å². The highest BCUT2D eigenvalue weighted by Crippen LogP contribution is 2.28. The standard InChI is InChI=1S/C30H38N4O8S/c1-3-41-30-24(16-26(35)42-30)32-28(37)25-18-33(43(39,40)4-2)17-20-12-6-8-15-23(29(38)34(20)25)31-27(36)22-14-9-11-19-10-5-7-13-21(19)22/h5,7,9-11,13-14,20,23-25,30H,3-4,6,8,12,15-18H2,1-2H3,(H,31,36)(H,32,37)/t20-,23-,24?,25-,30?/m0/s1. The number of cyclic esters (lactones) is 1. The summed E-state index contributed by atoms with van der Waals surface area (Å²) in [5, 5.41) is 7.35. The van der Waals surface area contributed by atoms with E-state index in [2.05, 4.69) is 10.6 Å². The highest BCUT2D eigenvalue weighted by atomic mass is 32.2. The SMILES string of the molecule is CCOC1OC(=O)CC1NC(=O)[C@@H]1CN(S(=O)(=O)CC)C[C@@H]2CCCC[C@H](NC(=O)c3cccc4ccccc34)C(=O)N21. The Morgan fingerprint density at radius 2 is 1.74 bits per heavy atom. The number of nitrogens with zero attached hydrogens (tertiary/aromatic N) is 2. The fourth-order valence-corrected chi connectivity index (χ4v) is 7.32. The molecule has 5 atom stereocenters. The molecule has 0 spiro atoms. The summed E-state index contributed by atoms with van der Waals surface area (Å²) in [6, 6.07) is 9.43. The molecule has 3 fully saturated rings. The lowest BCUT2D eigenvalue weighted by Crippen LogP contribution is -2.69. The zero-order chi connectivity index (χ0) is 30.7. The van der Waals surface area contributed by atoms with Crippen LogP contribution in [-0.2, 0) is 33.9 Å². The number of piperazine rings is 1. The molecule has 3 heterocycles. The van der Waals surface area contributed by atoms with Gasteiger partial charge in [-0.1, -0.05) is 49.2 Å². The van der Waals surface area contributed by atoms with Crippen LogP contribution < -0.4 is 10.6 Å². The van der Waals surface area contributed by atoms with E-state index in [0.717, 1.165) is 10.8 Å². The van der Waals surface area contributed by atoms with Crippen LogP contribution in [0.4, 0.5) is 0 Å². The molecular formula is C30H38N4O8S. The predicted octanol–water partition coefficient (Wildman–Crippen LogP) is 1.54. The maximum Gasteiger partial charge on any atom is 0.310 e. The summed E-state index contributed by atoms with van der Waals surface area (Å²) in [6.07, 6.45) is 1.11. The number of fused-ring (bicyclic) bond motifs is 2. The summed E-state index contributed by atoms with van der Waals surface area (Å²) in [7, 11) is -3.68. The third kappa shape index (κ3) is 6.53. The Kier molecular flexibility index (Phi) is 9.33. The topological polar surface area (TPSA) is 151 Å². The average molecular weight is 615 g/mol. The number of ether oxygens (including phenoxy) is 2. The zero-order valence-electron chi connectivity index (χ0n) is 24.4. The van der Waals surface area contributed by atoms with Crippen LogP contribution in [0, 0.1) is 0 Å². The zero-order valence-corrected chi connectivity index (χ0v) is 25.2. The van der Waals surface area contributed by atoms with Crippen molar-refractivity contribution >= 4 is 44.5 Å². The molecule has 3 aliphatic rings. The van der Waals surface area contributed by atoms with Crippen LogP contribution in [0.1, 0.15) is 56.3 Å². The summed E-state index contributed by atoms with van der Waals surface area (Å²) >= 11 is 0. The van der Waals surface area contributed by atoms with Gasteiger partial charge in [-0.05, 0) is 43.5 Å². The van der Waals surface area contributed by atoms with E-state index in [1.165, 1.54) is 16.1 Å². The molecule has 43 heavy (non-hydrogen) atoms. The van der Waals surface area contributed by atoms with Crippen LogP contribution in [0.25, 0.3) is 10.8 Å². The first-order valence-electron chi connectivity index (χ1n) is 14.8. The summed E-state index contributed by atoms with van der Waals surface area (Å²) < 4.78 is 37.9. The molecular weight excluding hydrogens is 576 g/mol. The number of rotatable bonds is 8. The highest BCUT2D eigenvalue weighted by Gasteiger charge is 2.48. The van der Waals surface area contributed by atoms with Crippen molar-refractivity contribution in [3.05, 3.63) is 48.0 Å². The normalized spacial score (nSPS) is 26.7. The lowest BCUT2D eigenvalue weighted by Gasteiger charge is -2.47. The Morgan fingerprint density at radius 3 is 2.51 bits per heavy atom. The molecule has 0 aromatic heterocycles. The summed E-state index contributed by atoms with van der Waals surface area (Å²) in [5.41, 5.74) is 0.436. The van der Waals surface area contributed by atoms with Gasteiger partial charge in [-0.25, -0.2) is 8.42 Å².